The fourth-order valence-electron chi connectivity index (χ4n) is 2.32. The van der Waals surface area contributed by atoms with Gasteiger partial charge < -0.3 is 5.11 Å². The van der Waals surface area contributed by atoms with Gasteiger partial charge in [-0.15, -0.1) is 0 Å². The molecule has 17 heavy (non-hydrogen) atoms. The predicted octanol–water partition coefficient (Wildman–Crippen LogP) is 2.16. The molecule has 1 aliphatic rings. The van der Waals surface area contributed by atoms with Crippen molar-refractivity contribution in [3.05, 3.63) is 35.4 Å². The minimum Gasteiger partial charge on any atom is -0.481 e. The summed E-state index contributed by atoms with van der Waals surface area (Å²) in [5.41, 5.74) is 2.68. The highest BCUT2D eigenvalue weighted by molar-refractivity contribution is 5.67. The van der Waals surface area contributed by atoms with Crippen LogP contribution in [-0.4, -0.2) is 29.1 Å². The van der Waals surface area contributed by atoms with E-state index in [-0.39, 0.29) is 0 Å². The number of carbonyl (C=O) groups is 1. The van der Waals surface area contributed by atoms with Crippen molar-refractivity contribution < 1.29 is 9.90 Å². The fourth-order valence-corrected chi connectivity index (χ4v) is 2.32. The zero-order valence-electron chi connectivity index (χ0n) is 10.2. The lowest BCUT2D eigenvalue weighted by atomic mass is 9.95. The number of hydrogen-bond acceptors (Lipinski definition) is 2. The second-order valence-electron chi connectivity index (χ2n) is 4.83. The highest BCUT2D eigenvalue weighted by atomic mass is 16.4. The van der Waals surface area contributed by atoms with Crippen LogP contribution in [0.1, 0.15) is 24.5 Å². The first-order chi connectivity index (χ1) is 8.17. The maximum absolute atomic E-state index is 10.5. The number of benzene rings is 1. The summed E-state index contributed by atoms with van der Waals surface area (Å²) in [6.45, 7) is 4.94. The van der Waals surface area contributed by atoms with Crippen LogP contribution in [0.25, 0.3) is 0 Å². The Bertz CT molecular complexity index is 380. The average Bonchev–Trinajstić information content (AvgIpc) is 2.26. The standard InChI is InChI=1S/C14H19NO2/c1-2-11-3-5-12(6-4-11)8-15-9-13(10-15)7-14(16)17/h3-6,13H,2,7-10H2,1H3,(H,16,17). The number of nitrogens with zero attached hydrogens (tertiary/aromatic N) is 1. The molecule has 0 unspecified atom stereocenters. The van der Waals surface area contributed by atoms with Crippen LogP contribution in [0.3, 0.4) is 0 Å². The molecule has 0 atom stereocenters. The summed E-state index contributed by atoms with van der Waals surface area (Å²) in [5, 5.41) is 8.66. The molecule has 2 rings (SSSR count). The fraction of sp³-hybridized carbons (Fsp3) is 0.500. The molecule has 1 aromatic carbocycles. The monoisotopic (exact) mass is 233 g/mol. The molecule has 1 saturated heterocycles. The van der Waals surface area contributed by atoms with Gasteiger partial charge >= 0.3 is 5.97 Å². The van der Waals surface area contributed by atoms with Gasteiger partial charge in [0.15, 0.2) is 0 Å². The maximum Gasteiger partial charge on any atom is 0.303 e. The summed E-state index contributed by atoms with van der Waals surface area (Å²) in [5.74, 6) is -0.329. The Morgan fingerprint density at radius 3 is 2.41 bits per heavy atom. The summed E-state index contributed by atoms with van der Waals surface area (Å²) in [4.78, 5) is 12.8. The number of hydrogen-bond donors (Lipinski definition) is 1. The lowest BCUT2D eigenvalue weighted by molar-refractivity contribution is -0.139. The summed E-state index contributed by atoms with van der Waals surface area (Å²) in [6, 6.07) is 8.68. The molecule has 1 aromatic rings. The molecule has 0 aromatic heterocycles. The van der Waals surface area contributed by atoms with E-state index in [2.05, 4.69) is 36.1 Å². The molecule has 0 spiro atoms. The van der Waals surface area contributed by atoms with Crippen molar-refractivity contribution in [1.82, 2.24) is 4.90 Å². The van der Waals surface area contributed by atoms with Crippen LogP contribution in [0, 0.1) is 5.92 Å². The SMILES string of the molecule is CCc1ccc(CN2CC(CC(=O)O)C2)cc1. The minimum atomic E-state index is -0.679. The van der Waals surface area contributed by atoms with Crippen molar-refractivity contribution >= 4 is 5.97 Å². The second-order valence-corrected chi connectivity index (χ2v) is 4.83. The molecule has 1 N–H and O–H groups in total. The Balaban J connectivity index is 1.77. The van der Waals surface area contributed by atoms with Crippen molar-refractivity contribution in [2.75, 3.05) is 13.1 Å². The molecule has 0 saturated carbocycles. The molecule has 1 heterocycles. The van der Waals surface area contributed by atoms with Crippen LogP contribution in [0.15, 0.2) is 24.3 Å². The molecule has 3 heteroatoms. The molecule has 0 aliphatic carbocycles. The first-order valence-corrected chi connectivity index (χ1v) is 6.19. The van der Waals surface area contributed by atoms with Crippen LogP contribution < -0.4 is 0 Å². The molecular formula is C14H19NO2. The highest BCUT2D eigenvalue weighted by Gasteiger charge is 2.28. The number of rotatable bonds is 5. The molecule has 0 bridgehead atoms. The van der Waals surface area contributed by atoms with E-state index in [1.54, 1.807) is 0 Å². The van der Waals surface area contributed by atoms with Crippen molar-refractivity contribution in [3.8, 4) is 0 Å². The summed E-state index contributed by atoms with van der Waals surface area (Å²) >= 11 is 0. The molecule has 0 amide bonds. The van der Waals surface area contributed by atoms with Crippen molar-refractivity contribution in [2.45, 2.75) is 26.3 Å². The Hall–Kier alpha value is -1.35. The Morgan fingerprint density at radius 2 is 1.88 bits per heavy atom. The summed E-state index contributed by atoms with van der Waals surface area (Å²) in [6.07, 6.45) is 1.38. The lowest BCUT2D eigenvalue weighted by Gasteiger charge is -2.38. The van der Waals surface area contributed by atoms with Gasteiger partial charge in [-0.1, -0.05) is 31.2 Å². The van der Waals surface area contributed by atoms with Crippen molar-refractivity contribution in [1.29, 1.82) is 0 Å². The maximum atomic E-state index is 10.5. The van der Waals surface area contributed by atoms with Crippen molar-refractivity contribution in [3.63, 3.8) is 0 Å². The van der Waals surface area contributed by atoms with Crippen LogP contribution >= 0.6 is 0 Å². The van der Waals surface area contributed by atoms with Gasteiger partial charge in [0.05, 0.1) is 6.42 Å². The van der Waals surface area contributed by atoms with E-state index in [0.717, 1.165) is 26.1 Å². The molecule has 1 fully saturated rings. The molecule has 0 radical (unpaired) electrons. The van der Waals surface area contributed by atoms with Crippen LogP contribution in [0.2, 0.25) is 0 Å². The van der Waals surface area contributed by atoms with E-state index >= 15 is 0 Å². The van der Waals surface area contributed by atoms with Gasteiger partial charge in [-0.3, -0.25) is 9.69 Å². The summed E-state index contributed by atoms with van der Waals surface area (Å²) in [7, 11) is 0. The van der Waals surface area contributed by atoms with E-state index in [1.165, 1.54) is 11.1 Å². The van der Waals surface area contributed by atoms with Crippen LogP contribution in [-0.2, 0) is 17.8 Å². The first kappa shape index (κ1) is 12.1. The largest absolute Gasteiger partial charge is 0.481 e. The summed E-state index contributed by atoms with van der Waals surface area (Å²) < 4.78 is 0. The van der Waals surface area contributed by atoms with Crippen LogP contribution in [0.4, 0.5) is 0 Å². The van der Waals surface area contributed by atoms with Gasteiger partial charge in [-0.05, 0) is 23.5 Å². The van der Waals surface area contributed by atoms with Gasteiger partial charge in [0, 0.05) is 19.6 Å². The Morgan fingerprint density at radius 1 is 1.29 bits per heavy atom. The normalized spacial score (nSPS) is 16.8. The number of aryl methyl sites for hydroxylation is 1. The topological polar surface area (TPSA) is 40.5 Å². The third-order valence-corrected chi connectivity index (χ3v) is 3.33. The van der Waals surface area contributed by atoms with Gasteiger partial charge in [0.25, 0.3) is 0 Å². The Labute approximate surface area is 102 Å². The van der Waals surface area contributed by atoms with Gasteiger partial charge in [0.2, 0.25) is 0 Å². The van der Waals surface area contributed by atoms with Gasteiger partial charge in [0.1, 0.15) is 0 Å². The van der Waals surface area contributed by atoms with Gasteiger partial charge in [-0.2, -0.15) is 0 Å². The van der Waals surface area contributed by atoms with E-state index in [9.17, 15) is 4.79 Å². The predicted molar refractivity (Wildman–Crippen MR) is 66.8 cm³/mol. The minimum absolute atomic E-state index is 0.311. The zero-order chi connectivity index (χ0) is 12.3. The van der Waals surface area contributed by atoms with E-state index in [4.69, 9.17) is 5.11 Å². The third kappa shape index (κ3) is 3.30. The smallest absolute Gasteiger partial charge is 0.303 e. The molecular weight excluding hydrogens is 214 g/mol. The molecule has 3 nitrogen and oxygen atoms in total. The number of likely N-dealkylation sites (tertiary alicyclic amines) is 1. The quantitative estimate of drug-likeness (QED) is 0.847. The van der Waals surface area contributed by atoms with E-state index < -0.39 is 5.97 Å². The number of carboxylic acid groups (broad SMARTS) is 1. The average molecular weight is 233 g/mol. The third-order valence-electron chi connectivity index (χ3n) is 3.33. The van der Waals surface area contributed by atoms with Gasteiger partial charge in [-0.25, -0.2) is 0 Å². The van der Waals surface area contributed by atoms with E-state index in [1.807, 2.05) is 0 Å². The number of carboxylic acids is 1. The highest BCUT2D eigenvalue weighted by Crippen LogP contribution is 2.21. The lowest BCUT2D eigenvalue weighted by Crippen LogP contribution is -2.46. The number of aliphatic carboxylic acids is 1. The van der Waals surface area contributed by atoms with E-state index in [0.29, 0.717) is 12.3 Å². The zero-order valence-corrected chi connectivity index (χ0v) is 10.2. The van der Waals surface area contributed by atoms with Crippen molar-refractivity contribution in [2.24, 2.45) is 5.92 Å². The molecule has 92 valence electrons. The van der Waals surface area contributed by atoms with Crippen LogP contribution in [0.5, 0.6) is 0 Å². The second kappa shape index (κ2) is 5.32. The first-order valence-electron chi connectivity index (χ1n) is 6.19. The molecule has 1 aliphatic heterocycles. The Kier molecular flexibility index (Phi) is 3.79.